The van der Waals surface area contributed by atoms with Crippen molar-refractivity contribution in [1.29, 1.82) is 0 Å². The minimum Gasteiger partial charge on any atom is -0.480 e. The fraction of sp³-hybridized carbons (Fsp3) is 0.471. The van der Waals surface area contributed by atoms with E-state index in [2.05, 4.69) is 5.32 Å². The number of hydrogen-bond donors (Lipinski definition) is 2. The summed E-state index contributed by atoms with van der Waals surface area (Å²) in [7, 11) is 0. The van der Waals surface area contributed by atoms with Gasteiger partial charge in [-0.05, 0) is 38.0 Å². The molecule has 1 aromatic carbocycles. The molecule has 0 saturated carbocycles. The van der Waals surface area contributed by atoms with Crippen LogP contribution in [0.4, 0.5) is 0 Å². The molecule has 0 fully saturated rings. The number of carboxylic acid groups (broad SMARTS) is 1. The van der Waals surface area contributed by atoms with Crippen molar-refractivity contribution in [3.63, 3.8) is 0 Å². The lowest BCUT2D eigenvalue weighted by Gasteiger charge is -2.21. The zero-order valence-electron chi connectivity index (χ0n) is 13.9. The standard InChI is InChI=1S/C17H23ClN2O4/c1-12(2)19-15(21)4-3-5-16(22)20(11-17(23)24)10-13-6-8-14(18)9-7-13/h6-9,12H,3-5,10-11H2,1-2H3,(H,19,21)(H,23,24). The van der Waals surface area contributed by atoms with Gasteiger partial charge in [0, 0.05) is 30.5 Å². The molecule has 7 heteroatoms. The van der Waals surface area contributed by atoms with Crippen molar-refractivity contribution in [2.75, 3.05) is 6.54 Å². The van der Waals surface area contributed by atoms with E-state index in [-0.39, 0.29) is 43.8 Å². The van der Waals surface area contributed by atoms with E-state index in [1.807, 2.05) is 13.8 Å². The lowest BCUT2D eigenvalue weighted by Crippen LogP contribution is -2.35. The highest BCUT2D eigenvalue weighted by Gasteiger charge is 2.17. The van der Waals surface area contributed by atoms with Crippen LogP contribution >= 0.6 is 11.6 Å². The molecular weight excluding hydrogens is 332 g/mol. The Hall–Kier alpha value is -2.08. The molecule has 0 spiro atoms. The smallest absolute Gasteiger partial charge is 0.323 e. The van der Waals surface area contributed by atoms with Gasteiger partial charge in [-0.15, -0.1) is 0 Å². The first-order valence-corrected chi connectivity index (χ1v) is 8.19. The third kappa shape index (κ3) is 7.97. The fourth-order valence-corrected chi connectivity index (χ4v) is 2.28. The Kier molecular flexibility index (Phi) is 8.26. The number of hydrogen-bond acceptors (Lipinski definition) is 3. The van der Waals surface area contributed by atoms with Gasteiger partial charge in [0.2, 0.25) is 11.8 Å². The number of aliphatic carboxylic acids is 1. The molecule has 0 unspecified atom stereocenters. The van der Waals surface area contributed by atoms with Gasteiger partial charge in [0.25, 0.3) is 0 Å². The number of amides is 2. The second kappa shape index (κ2) is 9.93. The largest absolute Gasteiger partial charge is 0.480 e. The molecule has 2 N–H and O–H groups in total. The van der Waals surface area contributed by atoms with Crippen LogP contribution in [-0.4, -0.2) is 40.4 Å². The predicted octanol–water partition coefficient (Wildman–Crippen LogP) is 2.45. The molecule has 1 aromatic rings. The first kappa shape index (κ1) is 20.0. The molecule has 0 aliphatic heterocycles. The highest BCUT2D eigenvalue weighted by molar-refractivity contribution is 6.30. The second-order valence-electron chi connectivity index (χ2n) is 5.85. The monoisotopic (exact) mass is 354 g/mol. The van der Waals surface area contributed by atoms with Crippen molar-refractivity contribution < 1.29 is 19.5 Å². The fourth-order valence-electron chi connectivity index (χ4n) is 2.16. The number of benzene rings is 1. The topological polar surface area (TPSA) is 86.7 Å². The Morgan fingerprint density at radius 1 is 1.17 bits per heavy atom. The van der Waals surface area contributed by atoms with Gasteiger partial charge in [-0.25, -0.2) is 0 Å². The maximum Gasteiger partial charge on any atom is 0.323 e. The van der Waals surface area contributed by atoms with Crippen molar-refractivity contribution >= 4 is 29.4 Å². The summed E-state index contributed by atoms with van der Waals surface area (Å²) in [5, 5.41) is 12.3. The van der Waals surface area contributed by atoms with Gasteiger partial charge in [0.05, 0.1) is 0 Å². The molecule has 1 rings (SSSR count). The van der Waals surface area contributed by atoms with Gasteiger partial charge >= 0.3 is 5.97 Å². The molecule has 0 bridgehead atoms. The van der Waals surface area contributed by atoms with Gasteiger partial charge in [-0.3, -0.25) is 14.4 Å². The lowest BCUT2D eigenvalue weighted by atomic mass is 10.1. The van der Waals surface area contributed by atoms with Crippen LogP contribution in [0.1, 0.15) is 38.7 Å². The average Bonchev–Trinajstić information content (AvgIpc) is 2.47. The zero-order chi connectivity index (χ0) is 18.1. The molecule has 0 aliphatic rings. The van der Waals surface area contributed by atoms with E-state index in [0.717, 1.165) is 5.56 Å². The first-order chi connectivity index (χ1) is 11.3. The predicted molar refractivity (Wildman–Crippen MR) is 91.6 cm³/mol. The molecule has 0 aliphatic carbocycles. The summed E-state index contributed by atoms with van der Waals surface area (Å²) in [6.07, 6.45) is 0.756. The number of halogens is 1. The summed E-state index contributed by atoms with van der Waals surface area (Å²) in [4.78, 5) is 36.1. The normalized spacial score (nSPS) is 10.5. The van der Waals surface area contributed by atoms with E-state index < -0.39 is 5.97 Å². The average molecular weight is 355 g/mol. The van der Waals surface area contributed by atoms with Crippen molar-refractivity contribution in [1.82, 2.24) is 10.2 Å². The maximum absolute atomic E-state index is 12.3. The second-order valence-corrected chi connectivity index (χ2v) is 6.28. The minimum atomic E-state index is -1.07. The summed E-state index contributed by atoms with van der Waals surface area (Å²) in [6, 6.07) is 6.94. The minimum absolute atomic E-state index is 0.0571. The zero-order valence-corrected chi connectivity index (χ0v) is 14.7. The molecule has 0 saturated heterocycles. The third-order valence-electron chi connectivity index (χ3n) is 3.21. The van der Waals surface area contributed by atoms with Gasteiger partial charge < -0.3 is 15.3 Å². The van der Waals surface area contributed by atoms with Gasteiger partial charge in [0.15, 0.2) is 0 Å². The molecule has 132 valence electrons. The Morgan fingerprint density at radius 2 is 1.79 bits per heavy atom. The number of nitrogens with one attached hydrogen (secondary N) is 1. The van der Waals surface area contributed by atoms with Crippen LogP contribution in [0.15, 0.2) is 24.3 Å². The molecular formula is C17H23ClN2O4. The number of carbonyl (C=O) groups excluding carboxylic acids is 2. The van der Waals surface area contributed by atoms with Crippen LogP contribution in [0.2, 0.25) is 5.02 Å². The SMILES string of the molecule is CC(C)NC(=O)CCCC(=O)N(CC(=O)O)Cc1ccc(Cl)cc1. The van der Waals surface area contributed by atoms with E-state index in [1.54, 1.807) is 24.3 Å². The van der Waals surface area contributed by atoms with Crippen LogP contribution in [-0.2, 0) is 20.9 Å². The Bertz CT molecular complexity index is 572. The Morgan fingerprint density at radius 3 is 2.33 bits per heavy atom. The highest BCUT2D eigenvalue weighted by atomic mass is 35.5. The number of carboxylic acids is 1. The summed E-state index contributed by atoms with van der Waals surface area (Å²) in [6.45, 7) is 3.55. The number of nitrogens with zero attached hydrogens (tertiary/aromatic N) is 1. The first-order valence-electron chi connectivity index (χ1n) is 7.81. The molecule has 0 atom stereocenters. The van der Waals surface area contributed by atoms with Crippen LogP contribution in [0.3, 0.4) is 0 Å². The number of rotatable bonds is 9. The van der Waals surface area contributed by atoms with Gasteiger partial charge in [0.1, 0.15) is 6.54 Å². The third-order valence-corrected chi connectivity index (χ3v) is 3.46. The van der Waals surface area contributed by atoms with Crippen LogP contribution in [0.25, 0.3) is 0 Å². The summed E-state index contributed by atoms with van der Waals surface area (Å²) in [5.74, 6) is -1.47. The van der Waals surface area contributed by atoms with Gasteiger partial charge in [-0.2, -0.15) is 0 Å². The van der Waals surface area contributed by atoms with Crippen molar-refractivity contribution in [3.8, 4) is 0 Å². The summed E-state index contributed by atoms with van der Waals surface area (Å²) < 4.78 is 0. The summed E-state index contributed by atoms with van der Waals surface area (Å²) in [5.41, 5.74) is 0.798. The van der Waals surface area contributed by atoms with E-state index >= 15 is 0 Å². The Balaban J connectivity index is 2.56. The van der Waals surface area contributed by atoms with E-state index in [4.69, 9.17) is 16.7 Å². The van der Waals surface area contributed by atoms with E-state index in [0.29, 0.717) is 11.4 Å². The quantitative estimate of drug-likeness (QED) is 0.713. The lowest BCUT2D eigenvalue weighted by molar-refractivity contribution is -0.145. The molecule has 6 nitrogen and oxygen atoms in total. The van der Waals surface area contributed by atoms with E-state index in [9.17, 15) is 14.4 Å². The summed E-state index contributed by atoms with van der Waals surface area (Å²) >= 11 is 5.82. The van der Waals surface area contributed by atoms with Crippen LogP contribution in [0, 0.1) is 0 Å². The Labute approximate surface area is 146 Å². The molecule has 0 radical (unpaired) electrons. The molecule has 0 heterocycles. The van der Waals surface area contributed by atoms with Crippen molar-refractivity contribution in [2.24, 2.45) is 0 Å². The highest BCUT2D eigenvalue weighted by Crippen LogP contribution is 2.13. The number of carbonyl (C=O) groups is 3. The molecule has 0 aromatic heterocycles. The molecule has 24 heavy (non-hydrogen) atoms. The maximum atomic E-state index is 12.3. The molecule has 2 amide bonds. The van der Waals surface area contributed by atoms with Crippen LogP contribution in [0.5, 0.6) is 0 Å². The van der Waals surface area contributed by atoms with Crippen molar-refractivity contribution in [2.45, 2.75) is 45.7 Å². The van der Waals surface area contributed by atoms with Gasteiger partial charge in [-0.1, -0.05) is 23.7 Å². The van der Waals surface area contributed by atoms with Crippen molar-refractivity contribution in [3.05, 3.63) is 34.9 Å². The van der Waals surface area contributed by atoms with E-state index in [1.165, 1.54) is 4.90 Å². The van der Waals surface area contributed by atoms with Crippen LogP contribution < -0.4 is 5.32 Å².